The fourth-order valence-electron chi connectivity index (χ4n) is 4.54. The van der Waals surface area contributed by atoms with Crippen LogP contribution in [0.3, 0.4) is 0 Å². The summed E-state index contributed by atoms with van der Waals surface area (Å²) >= 11 is 6.24. The standard InChI is InChI=1S/C18H24ClN3O3/c19-14-3-1-2-13(10-14)16-11-21-18(23)22(16,12-17-24-8-9-25-17)15-4-6-20-7-5-15/h1-3,10,15-17,20H,4-9,11-12H2/p+1. The maximum absolute atomic E-state index is 13.1. The molecular formula is C18H25ClN3O3+. The van der Waals surface area contributed by atoms with Gasteiger partial charge in [-0.2, -0.15) is 0 Å². The maximum atomic E-state index is 13.1. The van der Waals surface area contributed by atoms with E-state index in [1.54, 1.807) is 0 Å². The van der Waals surface area contributed by atoms with E-state index in [1.807, 2.05) is 18.2 Å². The summed E-state index contributed by atoms with van der Waals surface area (Å²) in [5, 5.41) is 7.21. The average Bonchev–Trinajstić information content (AvgIpc) is 3.25. The Morgan fingerprint density at radius 1 is 1.20 bits per heavy atom. The van der Waals surface area contributed by atoms with Crippen molar-refractivity contribution in [3.8, 4) is 0 Å². The number of piperidine rings is 1. The molecule has 4 rings (SSSR count). The van der Waals surface area contributed by atoms with Crippen molar-refractivity contribution in [3.05, 3.63) is 34.9 Å². The lowest BCUT2D eigenvalue weighted by atomic mass is 9.95. The number of benzene rings is 1. The zero-order valence-corrected chi connectivity index (χ0v) is 15.0. The molecule has 136 valence electrons. The predicted molar refractivity (Wildman–Crippen MR) is 94.3 cm³/mol. The summed E-state index contributed by atoms with van der Waals surface area (Å²) in [6, 6.07) is 8.24. The maximum Gasteiger partial charge on any atom is 0.417 e. The minimum absolute atomic E-state index is 0.0297. The molecule has 2 N–H and O–H groups in total. The number of nitrogens with one attached hydrogen (secondary N) is 2. The molecule has 25 heavy (non-hydrogen) atoms. The first kappa shape index (κ1) is 17.2. The fraction of sp³-hybridized carbons (Fsp3) is 0.611. The second-order valence-corrected chi connectivity index (χ2v) is 7.46. The molecule has 3 saturated heterocycles. The van der Waals surface area contributed by atoms with Crippen LogP contribution in [0.1, 0.15) is 24.4 Å². The van der Waals surface area contributed by atoms with Crippen molar-refractivity contribution in [2.24, 2.45) is 0 Å². The Morgan fingerprint density at radius 3 is 2.68 bits per heavy atom. The highest BCUT2D eigenvalue weighted by Crippen LogP contribution is 2.40. The summed E-state index contributed by atoms with van der Waals surface area (Å²) in [6.07, 6.45) is 1.62. The van der Waals surface area contributed by atoms with Crippen LogP contribution >= 0.6 is 11.6 Å². The number of hydrogen-bond donors (Lipinski definition) is 2. The van der Waals surface area contributed by atoms with Gasteiger partial charge in [-0.25, -0.2) is 9.28 Å². The number of hydrogen-bond acceptors (Lipinski definition) is 4. The quantitative estimate of drug-likeness (QED) is 0.801. The van der Waals surface area contributed by atoms with Crippen molar-refractivity contribution in [1.82, 2.24) is 10.6 Å². The molecule has 0 spiro atoms. The van der Waals surface area contributed by atoms with Crippen molar-refractivity contribution in [1.29, 1.82) is 0 Å². The van der Waals surface area contributed by atoms with E-state index >= 15 is 0 Å². The lowest BCUT2D eigenvalue weighted by Gasteiger charge is -2.44. The smallest absolute Gasteiger partial charge is 0.345 e. The number of quaternary nitrogens is 1. The fourth-order valence-corrected chi connectivity index (χ4v) is 4.74. The summed E-state index contributed by atoms with van der Waals surface area (Å²) in [6.45, 7) is 4.24. The van der Waals surface area contributed by atoms with Crippen LogP contribution < -0.4 is 10.6 Å². The number of halogens is 1. The number of ether oxygens (including phenoxy) is 2. The average molecular weight is 367 g/mol. The zero-order valence-electron chi connectivity index (χ0n) is 14.2. The molecule has 7 heteroatoms. The van der Waals surface area contributed by atoms with Gasteiger partial charge >= 0.3 is 6.03 Å². The van der Waals surface area contributed by atoms with E-state index in [9.17, 15) is 4.79 Å². The molecule has 6 nitrogen and oxygen atoms in total. The Labute approximate surface area is 153 Å². The summed E-state index contributed by atoms with van der Waals surface area (Å²) in [5.74, 6) is 0. The molecule has 2 atom stereocenters. The number of rotatable bonds is 4. The molecule has 1 aromatic rings. The summed E-state index contributed by atoms with van der Waals surface area (Å²) in [4.78, 5) is 13.1. The van der Waals surface area contributed by atoms with Crippen LogP contribution in [0, 0.1) is 0 Å². The molecule has 0 bridgehead atoms. The van der Waals surface area contributed by atoms with Crippen LogP contribution in [-0.2, 0) is 9.47 Å². The van der Waals surface area contributed by atoms with Gasteiger partial charge in [0.15, 0.2) is 0 Å². The van der Waals surface area contributed by atoms with Gasteiger partial charge in [0.25, 0.3) is 0 Å². The summed E-state index contributed by atoms with van der Waals surface area (Å²) in [5.41, 5.74) is 1.10. The largest absolute Gasteiger partial charge is 0.417 e. The second-order valence-electron chi connectivity index (χ2n) is 7.02. The van der Waals surface area contributed by atoms with Gasteiger partial charge in [-0.1, -0.05) is 23.7 Å². The molecular weight excluding hydrogens is 342 g/mol. The van der Waals surface area contributed by atoms with E-state index in [-0.39, 0.29) is 24.4 Å². The first-order valence-electron chi connectivity index (χ1n) is 9.05. The van der Waals surface area contributed by atoms with E-state index in [0.29, 0.717) is 35.8 Å². The topological polar surface area (TPSA) is 59.6 Å². The molecule has 3 heterocycles. The van der Waals surface area contributed by atoms with Gasteiger partial charge in [0.05, 0.1) is 19.8 Å². The summed E-state index contributed by atoms with van der Waals surface area (Å²) < 4.78 is 11.8. The third kappa shape index (κ3) is 3.17. The molecule has 2 unspecified atom stereocenters. The van der Waals surface area contributed by atoms with Crippen LogP contribution in [0.5, 0.6) is 0 Å². The van der Waals surface area contributed by atoms with Gasteiger partial charge in [-0.15, -0.1) is 0 Å². The molecule has 1 aromatic carbocycles. The normalized spacial score (nSPS) is 31.4. The van der Waals surface area contributed by atoms with Gasteiger partial charge in [0.2, 0.25) is 6.29 Å². The Hall–Kier alpha value is -1.18. The third-order valence-electron chi connectivity index (χ3n) is 5.72. The van der Waals surface area contributed by atoms with Gasteiger partial charge in [-0.05, 0) is 12.1 Å². The van der Waals surface area contributed by atoms with Crippen LogP contribution in [0.2, 0.25) is 5.02 Å². The van der Waals surface area contributed by atoms with E-state index in [4.69, 9.17) is 21.1 Å². The van der Waals surface area contributed by atoms with Gasteiger partial charge < -0.3 is 14.8 Å². The lowest BCUT2D eigenvalue weighted by Crippen LogP contribution is -2.63. The number of carbonyl (C=O) groups excluding carboxylic acids is 1. The Morgan fingerprint density at radius 2 is 1.96 bits per heavy atom. The minimum Gasteiger partial charge on any atom is -0.345 e. The molecule has 2 amide bonds. The second kappa shape index (κ2) is 7.21. The number of urea groups is 1. The van der Waals surface area contributed by atoms with Crippen LogP contribution in [-0.4, -0.2) is 62.2 Å². The van der Waals surface area contributed by atoms with E-state index in [2.05, 4.69) is 16.7 Å². The number of nitrogens with zero attached hydrogens (tertiary/aromatic N) is 1. The molecule has 3 fully saturated rings. The van der Waals surface area contributed by atoms with Crippen molar-refractivity contribution in [2.75, 3.05) is 39.4 Å². The molecule has 3 aliphatic rings. The van der Waals surface area contributed by atoms with Crippen molar-refractivity contribution in [3.63, 3.8) is 0 Å². The monoisotopic (exact) mass is 366 g/mol. The van der Waals surface area contributed by atoms with Crippen LogP contribution in [0.4, 0.5) is 4.79 Å². The first-order chi connectivity index (χ1) is 12.2. The van der Waals surface area contributed by atoms with Crippen molar-refractivity contribution >= 4 is 17.6 Å². The van der Waals surface area contributed by atoms with E-state index in [0.717, 1.165) is 31.5 Å². The SMILES string of the molecule is O=C1NCC(c2cccc(Cl)c2)[N+]1(CC1OCCO1)C1CCNCC1. The minimum atomic E-state index is -0.319. The van der Waals surface area contributed by atoms with Gasteiger partial charge in [0, 0.05) is 36.5 Å². The van der Waals surface area contributed by atoms with E-state index in [1.165, 1.54) is 0 Å². The number of carbonyl (C=O) groups is 1. The predicted octanol–water partition coefficient (Wildman–Crippen LogP) is 2.05. The third-order valence-corrected chi connectivity index (χ3v) is 5.95. The van der Waals surface area contributed by atoms with Gasteiger partial charge in [0.1, 0.15) is 18.6 Å². The van der Waals surface area contributed by atoms with Crippen LogP contribution in [0.15, 0.2) is 24.3 Å². The highest BCUT2D eigenvalue weighted by atomic mass is 35.5. The summed E-state index contributed by atoms with van der Waals surface area (Å²) in [7, 11) is 0. The van der Waals surface area contributed by atoms with Crippen molar-refractivity contribution in [2.45, 2.75) is 31.2 Å². The van der Waals surface area contributed by atoms with Crippen molar-refractivity contribution < 1.29 is 18.8 Å². The Bertz CT molecular complexity index is 632. The highest BCUT2D eigenvalue weighted by Gasteiger charge is 2.57. The highest BCUT2D eigenvalue weighted by molar-refractivity contribution is 6.30. The molecule has 0 radical (unpaired) electrons. The molecule has 0 aromatic heterocycles. The molecule has 0 aliphatic carbocycles. The Kier molecular flexibility index (Phi) is 4.97. The Balaban J connectivity index is 1.73. The first-order valence-corrected chi connectivity index (χ1v) is 9.43. The number of amides is 2. The molecule has 3 aliphatic heterocycles. The van der Waals surface area contributed by atoms with Gasteiger partial charge in [-0.3, -0.25) is 5.32 Å². The molecule has 0 saturated carbocycles. The lowest BCUT2D eigenvalue weighted by molar-refractivity contribution is -0.902. The zero-order chi connectivity index (χ0) is 17.3. The van der Waals surface area contributed by atoms with E-state index < -0.39 is 0 Å². The van der Waals surface area contributed by atoms with Crippen LogP contribution in [0.25, 0.3) is 0 Å².